The summed E-state index contributed by atoms with van der Waals surface area (Å²) in [4.78, 5) is 11.9. The Labute approximate surface area is 195 Å². The third-order valence-electron chi connectivity index (χ3n) is 5.34. The maximum atomic E-state index is 13.3. The first kappa shape index (κ1) is 25.6. The number of methoxy groups -OCH3 is 2. The molecule has 0 aliphatic carbocycles. The van der Waals surface area contributed by atoms with Crippen molar-refractivity contribution >= 4 is 15.9 Å². The largest absolute Gasteiger partial charge is 0.493 e. The number of hydrogen-bond acceptors (Lipinski definition) is 7. The molecule has 0 bridgehead atoms. The summed E-state index contributed by atoms with van der Waals surface area (Å²) in [6, 6.07) is 6.79. The van der Waals surface area contributed by atoms with Crippen LogP contribution < -0.4 is 19.7 Å². The van der Waals surface area contributed by atoms with Crippen molar-refractivity contribution in [2.24, 2.45) is 0 Å². The number of piperidine rings is 1. The van der Waals surface area contributed by atoms with E-state index < -0.39 is 39.3 Å². The second-order valence-corrected chi connectivity index (χ2v) is 9.26. The number of rotatable bonds is 7. The Kier molecular flexibility index (Phi) is 7.58. The zero-order valence-electron chi connectivity index (χ0n) is 18.3. The van der Waals surface area contributed by atoms with E-state index in [1.807, 2.05) is 0 Å². The lowest BCUT2D eigenvalue weighted by Gasteiger charge is -2.32. The highest BCUT2D eigenvalue weighted by atomic mass is 32.2. The predicted octanol–water partition coefficient (Wildman–Crippen LogP) is 3.32. The smallest absolute Gasteiger partial charge is 0.416 e. The van der Waals surface area contributed by atoms with Gasteiger partial charge in [-0.05, 0) is 49.2 Å². The summed E-state index contributed by atoms with van der Waals surface area (Å²) in [5.41, 5.74) is 0.220. The second kappa shape index (κ2) is 10.1. The number of hydrogen-bond donors (Lipinski definition) is 2. The van der Waals surface area contributed by atoms with E-state index >= 15 is 0 Å². The number of sulfonamides is 1. The molecule has 1 heterocycles. The van der Waals surface area contributed by atoms with Gasteiger partial charge in [0.05, 0.1) is 24.7 Å². The summed E-state index contributed by atoms with van der Waals surface area (Å²) in [5.74, 6) is -0.898. The summed E-state index contributed by atoms with van der Waals surface area (Å²) in [7, 11) is -1.64. The molecule has 1 saturated heterocycles. The van der Waals surface area contributed by atoms with Crippen molar-refractivity contribution in [3.05, 3.63) is 47.5 Å². The fourth-order valence-electron chi connectivity index (χ4n) is 3.64. The van der Waals surface area contributed by atoms with E-state index in [9.17, 15) is 26.4 Å². The Morgan fingerprint density at radius 1 is 1.09 bits per heavy atom. The monoisotopic (exact) mass is 506 g/mol. The summed E-state index contributed by atoms with van der Waals surface area (Å²) in [5, 5.41) is 9.13. The van der Waals surface area contributed by atoms with Crippen molar-refractivity contribution < 1.29 is 47.2 Å². The summed E-state index contributed by atoms with van der Waals surface area (Å²) in [6.07, 6.45) is -4.31. The van der Waals surface area contributed by atoms with Crippen LogP contribution >= 0.6 is 0 Å². The Bertz CT molecular complexity index is 1140. The predicted molar refractivity (Wildman–Crippen MR) is 115 cm³/mol. The number of amides is 1. The van der Waals surface area contributed by atoms with Gasteiger partial charge in [0.25, 0.3) is 5.91 Å². The standard InChI is InChI=1S/C21H23F3N2O7S.H2/c1-31-16-7-8-17(18(19(16)32-2)20(27)25-28)34(29,30)26-11-9-15(10-12-26)33-14-5-3-13(4-6-14)21(22,23)24;/h3-8,15,28H,9-12H2,1-2H3,(H,25,27);1H. The van der Waals surface area contributed by atoms with Crippen molar-refractivity contribution in [1.82, 2.24) is 9.79 Å². The van der Waals surface area contributed by atoms with Gasteiger partial charge in [0.2, 0.25) is 10.0 Å². The van der Waals surface area contributed by atoms with Crippen molar-refractivity contribution in [2.45, 2.75) is 30.0 Å². The van der Waals surface area contributed by atoms with Gasteiger partial charge in [-0.3, -0.25) is 10.0 Å². The van der Waals surface area contributed by atoms with Crippen LogP contribution in [0, 0.1) is 0 Å². The molecule has 1 aliphatic rings. The molecule has 2 aromatic carbocycles. The number of carbonyl (C=O) groups excluding carboxylic acids is 1. The van der Waals surface area contributed by atoms with Crippen LogP contribution in [0.25, 0.3) is 0 Å². The first-order valence-electron chi connectivity index (χ1n) is 10.1. The minimum absolute atomic E-state index is 0. The molecule has 0 aromatic heterocycles. The van der Waals surface area contributed by atoms with E-state index in [4.69, 9.17) is 19.4 Å². The lowest BCUT2D eigenvalue weighted by molar-refractivity contribution is -0.137. The molecule has 1 aliphatic heterocycles. The maximum Gasteiger partial charge on any atom is 0.416 e. The van der Waals surface area contributed by atoms with E-state index in [1.54, 1.807) is 0 Å². The van der Waals surface area contributed by atoms with Crippen molar-refractivity contribution in [3.63, 3.8) is 0 Å². The molecule has 13 heteroatoms. The highest BCUT2D eigenvalue weighted by molar-refractivity contribution is 7.89. The van der Waals surface area contributed by atoms with Gasteiger partial charge in [-0.25, -0.2) is 13.9 Å². The van der Waals surface area contributed by atoms with E-state index in [0.29, 0.717) is 0 Å². The summed E-state index contributed by atoms with van der Waals surface area (Å²) < 4.78 is 81.9. The lowest BCUT2D eigenvalue weighted by atomic mass is 10.1. The van der Waals surface area contributed by atoms with E-state index in [-0.39, 0.29) is 49.5 Å². The van der Waals surface area contributed by atoms with Crippen LogP contribution in [0.5, 0.6) is 17.2 Å². The zero-order chi connectivity index (χ0) is 25.1. The van der Waals surface area contributed by atoms with Crippen LogP contribution in [0.15, 0.2) is 41.3 Å². The van der Waals surface area contributed by atoms with Gasteiger partial charge >= 0.3 is 6.18 Å². The molecule has 1 fully saturated rings. The lowest BCUT2D eigenvalue weighted by Crippen LogP contribution is -2.42. The molecule has 0 unspecified atom stereocenters. The van der Waals surface area contributed by atoms with E-state index in [0.717, 1.165) is 16.4 Å². The molecule has 0 radical (unpaired) electrons. The zero-order valence-corrected chi connectivity index (χ0v) is 19.1. The second-order valence-electron chi connectivity index (χ2n) is 7.36. The average Bonchev–Trinajstić information content (AvgIpc) is 2.82. The first-order chi connectivity index (χ1) is 16.0. The van der Waals surface area contributed by atoms with Gasteiger partial charge in [0, 0.05) is 14.5 Å². The number of benzene rings is 2. The molecule has 1 amide bonds. The number of carbonyl (C=O) groups is 1. The maximum absolute atomic E-state index is 13.3. The number of ether oxygens (including phenoxy) is 3. The van der Waals surface area contributed by atoms with Crippen LogP contribution in [-0.2, 0) is 16.2 Å². The number of halogens is 3. The third-order valence-corrected chi connectivity index (χ3v) is 7.28. The van der Waals surface area contributed by atoms with Crippen LogP contribution in [0.3, 0.4) is 0 Å². The van der Waals surface area contributed by atoms with E-state index in [2.05, 4.69) is 0 Å². The quantitative estimate of drug-likeness (QED) is 0.437. The van der Waals surface area contributed by atoms with Crippen molar-refractivity contribution in [1.29, 1.82) is 0 Å². The summed E-state index contributed by atoms with van der Waals surface area (Å²) in [6.45, 7) is 0.0876. The van der Waals surface area contributed by atoms with Gasteiger partial charge in [-0.2, -0.15) is 17.5 Å². The van der Waals surface area contributed by atoms with Crippen molar-refractivity contribution in [3.8, 4) is 17.2 Å². The number of nitrogens with one attached hydrogen (secondary N) is 1. The van der Waals surface area contributed by atoms with Gasteiger partial charge in [0.1, 0.15) is 17.4 Å². The van der Waals surface area contributed by atoms with Crippen molar-refractivity contribution in [2.75, 3.05) is 27.3 Å². The van der Waals surface area contributed by atoms with Gasteiger partial charge < -0.3 is 14.2 Å². The van der Waals surface area contributed by atoms with E-state index in [1.165, 1.54) is 44.0 Å². The number of hydroxylamine groups is 1. The molecule has 34 heavy (non-hydrogen) atoms. The Morgan fingerprint density at radius 2 is 1.71 bits per heavy atom. The van der Waals surface area contributed by atoms with Crippen LogP contribution in [0.4, 0.5) is 13.2 Å². The fraction of sp³-hybridized carbons (Fsp3) is 0.381. The molecular formula is C21H25F3N2O7S. The molecule has 2 aromatic rings. The average molecular weight is 506 g/mol. The first-order valence-corrected chi connectivity index (χ1v) is 11.5. The fourth-order valence-corrected chi connectivity index (χ4v) is 5.29. The minimum Gasteiger partial charge on any atom is -0.493 e. The van der Waals surface area contributed by atoms with Gasteiger partial charge in [0.15, 0.2) is 11.5 Å². The molecule has 9 nitrogen and oxygen atoms in total. The van der Waals surface area contributed by atoms with Gasteiger partial charge in [-0.15, -0.1) is 0 Å². The normalized spacial score (nSPS) is 15.6. The highest BCUT2D eigenvalue weighted by Crippen LogP contribution is 2.37. The SMILES string of the molecule is COc1ccc(S(=O)(=O)N2CCC(Oc3ccc(C(F)(F)F)cc3)CC2)c(C(=O)NO)c1OC.[HH]. The highest BCUT2D eigenvalue weighted by Gasteiger charge is 2.35. The molecule has 3 rings (SSSR count). The molecule has 0 saturated carbocycles. The molecular weight excluding hydrogens is 481 g/mol. The summed E-state index contributed by atoms with van der Waals surface area (Å²) >= 11 is 0. The minimum atomic E-state index is -4.45. The molecule has 188 valence electrons. The molecule has 0 spiro atoms. The van der Waals surface area contributed by atoms with Gasteiger partial charge in [-0.1, -0.05) is 0 Å². The van der Waals surface area contributed by atoms with Crippen LogP contribution in [-0.4, -0.2) is 57.3 Å². The Morgan fingerprint density at radius 3 is 2.21 bits per heavy atom. The molecule has 0 atom stereocenters. The van der Waals surface area contributed by atoms with Crippen LogP contribution in [0.2, 0.25) is 0 Å². The topological polar surface area (TPSA) is 114 Å². The van der Waals surface area contributed by atoms with Crippen LogP contribution in [0.1, 0.15) is 30.2 Å². The third kappa shape index (κ3) is 5.21. The molecule has 2 N–H and O–H groups in total. The number of alkyl halides is 3. The Balaban J connectivity index is 0.00000432. The number of nitrogens with zero attached hydrogens (tertiary/aromatic N) is 1. The Hall–Kier alpha value is -3.03.